The van der Waals surface area contributed by atoms with E-state index < -0.39 is 0 Å². The fraction of sp³-hybridized carbons (Fsp3) is 0.353. The van der Waals surface area contributed by atoms with E-state index in [0.29, 0.717) is 19.1 Å². The predicted molar refractivity (Wildman–Crippen MR) is 82.5 cm³/mol. The highest BCUT2D eigenvalue weighted by Crippen LogP contribution is 2.37. The monoisotopic (exact) mass is 282 g/mol. The summed E-state index contributed by atoms with van der Waals surface area (Å²) in [5.41, 5.74) is 8.09. The molecule has 108 valence electrons. The molecule has 2 unspecified atom stereocenters. The average Bonchev–Trinajstić information content (AvgIpc) is 3.12. The van der Waals surface area contributed by atoms with Gasteiger partial charge in [0, 0.05) is 36.1 Å². The molecule has 0 bridgehead atoms. The van der Waals surface area contributed by atoms with Crippen molar-refractivity contribution in [1.82, 2.24) is 0 Å². The first-order valence-corrected chi connectivity index (χ1v) is 7.42. The molecule has 4 nitrogen and oxygen atoms in total. The number of nitrogens with two attached hydrogens (primary N) is 1. The molecule has 1 saturated heterocycles. The van der Waals surface area contributed by atoms with Gasteiger partial charge in [-0.2, -0.15) is 0 Å². The number of rotatable bonds is 3. The predicted octanol–water partition coefficient (Wildman–Crippen LogP) is 2.16. The number of hydrogen-bond acceptors (Lipinski definition) is 3. The molecule has 2 aromatic carbocycles. The first-order valence-electron chi connectivity index (χ1n) is 7.42. The van der Waals surface area contributed by atoms with E-state index in [1.807, 2.05) is 41.3 Å². The number of amides is 1. The first kappa shape index (κ1) is 12.8. The second-order valence-corrected chi connectivity index (χ2v) is 5.88. The molecular weight excluding hydrogens is 264 g/mol. The van der Waals surface area contributed by atoms with E-state index in [9.17, 15) is 4.79 Å². The Kier molecular flexibility index (Phi) is 2.94. The number of ether oxygens (including phenoxy) is 1. The van der Waals surface area contributed by atoms with Gasteiger partial charge in [0.1, 0.15) is 0 Å². The Balaban J connectivity index is 1.69. The highest BCUT2D eigenvalue weighted by atomic mass is 16.5. The van der Waals surface area contributed by atoms with E-state index in [2.05, 4.69) is 0 Å². The molecule has 1 fully saturated rings. The summed E-state index contributed by atoms with van der Waals surface area (Å²) in [5.74, 6) is 0.414. The van der Waals surface area contributed by atoms with E-state index in [0.717, 1.165) is 35.1 Å². The van der Waals surface area contributed by atoms with Gasteiger partial charge in [-0.3, -0.25) is 4.79 Å². The number of benzene rings is 2. The molecule has 0 radical (unpaired) electrons. The minimum atomic E-state index is -0.0407. The van der Waals surface area contributed by atoms with Crippen LogP contribution in [0, 0.1) is 5.92 Å². The van der Waals surface area contributed by atoms with E-state index in [-0.39, 0.29) is 11.9 Å². The van der Waals surface area contributed by atoms with Gasteiger partial charge in [-0.05, 0) is 23.9 Å². The Hall–Kier alpha value is -1.91. The highest BCUT2D eigenvalue weighted by Gasteiger charge is 2.33. The summed E-state index contributed by atoms with van der Waals surface area (Å²) in [5, 5.41) is 2.17. The molecular formula is C17H18N2O2. The van der Waals surface area contributed by atoms with Crippen LogP contribution in [0.4, 0.5) is 5.69 Å². The van der Waals surface area contributed by atoms with E-state index in [1.165, 1.54) is 0 Å². The van der Waals surface area contributed by atoms with Crippen molar-refractivity contribution in [1.29, 1.82) is 0 Å². The van der Waals surface area contributed by atoms with Crippen molar-refractivity contribution in [2.45, 2.75) is 12.5 Å². The van der Waals surface area contributed by atoms with E-state index in [1.54, 1.807) is 0 Å². The maximum Gasteiger partial charge on any atom is 0.259 e. The largest absolute Gasteiger partial charge is 0.381 e. The lowest BCUT2D eigenvalue weighted by Gasteiger charge is -2.25. The third kappa shape index (κ3) is 1.94. The van der Waals surface area contributed by atoms with Crippen molar-refractivity contribution in [2.75, 3.05) is 24.7 Å². The topological polar surface area (TPSA) is 55.6 Å². The van der Waals surface area contributed by atoms with Gasteiger partial charge in [0.05, 0.1) is 12.3 Å². The van der Waals surface area contributed by atoms with E-state index >= 15 is 0 Å². The molecule has 21 heavy (non-hydrogen) atoms. The number of nitrogens with zero attached hydrogens (tertiary/aromatic N) is 1. The normalized spacial score (nSPS) is 22.2. The molecule has 4 heteroatoms. The lowest BCUT2D eigenvalue weighted by Crippen LogP contribution is -2.44. The zero-order valence-corrected chi connectivity index (χ0v) is 11.8. The molecule has 2 atom stereocenters. The van der Waals surface area contributed by atoms with Gasteiger partial charge in [0.15, 0.2) is 0 Å². The van der Waals surface area contributed by atoms with Crippen molar-refractivity contribution in [3.63, 3.8) is 0 Å². The van der Waals surface area contributed by atoms with Crippen LogP contribution in [0.2, 0.25) is 0 Å². The molecule has 2 aliphatic heterocycles. The maximum absolute atomic E-state index is 12.7. The van der Waals surface area contributed by atoms with Crippen molar-refractivity contribution in [2.24, 2.45) is 11.7 Å². The number of hydrogen-bond donors (Lipinski definition) is 1. The van der Waals surface area contributed by atoms with Crippen LogP contribution >= 0.6 is 0 Å². The Morgan fingerprint density at radius 2 is 2.10 bits per heavy atom. The summed E-state index contributed by atoms with van der Waals surface area (Å²) in [6.45, 7) is 2.04. The number of carbonyl (C=O) groups is 1. The van der Waals surface area contributed by atoms with Crippen LogP contribution in [0.5, 0.6) is 0 Å². The average molecular weight is 282 g/mol. The molecule has 0 spiro atoms. The van der Waals surface area contributed by atoms with Gasteiger partial charge >= 0.3 is 0 Å². The summed E-state index contributed by atoms with van der Waals surface area (Å²) in [4.78, 5) is 14.5. The molecule has 0 aromatic heterocycles. The molecule has 2 aliphatic rings. The lowest BCUT2D eigenvalue weighted by atomic mass is 9.99. The highest BCUT2D eigenvalue weighted by molar-refractivity contribution is 6.25. The maximum atomic E-state index is 12.7. The third-order valence-corrected chi connectivity index (χ3v) is 4.61. The van der Waals surface area contributed by atoms with Crippen LogP contribution in [0.3, 0.4) is 0 Å². The van der Waals surface area contributed by atoms with Gasteiger partial charge in [-0.15, -0.1) is 0 Å². The molecule has 4 rings (SSSR count). The van der Waals surface area contributed by atoms with Gasteiger partial charge in [0.25, 0.3) is 5.91 Å². The quantitative estimate of drug-likeness (QED) is 0.938. The Morgan fingerprint density at radius 3 is 2.86 bits per heavy atom. The Bertz CT molecular complexity index is 702. The van der Waals surface area contributed by atoms with Crippen molar-refractivity contribution < 1.29 is 9.53 Å². The van der Waals surface area contributed by atoms with Crippen LogP contribution in [0.15, 0.2) is 36.4 Å². The number of carbonyl (C=O) groups excluding carboxylic acids is 1. The second kappa shape index (κ2) is 4.83. The van der Waals surface area contributed by atoms with Crippen LogP contribution in [-0.4, -0.2) is 31.7 Å². The summed E-state index contributed by atoms with van der Waals surface area (Å²) in [6.07, 6.45) is 0.986. The van der Waals surface area contributed by atoms with Gasteiger partial charge in [-0.1, -0.05) is 24.3 Å². The SMILES string of the molecule is NC(CN1C(=O)c2cccc3cccc1c23)C1CCOC1. The molecule has 2 heterocycles. The van der Waals surface area contributed by atoms with Gasteiger partial charge in [-0.25, -0.2) is 0 Å². The summed E-state index contributed by atoms with van der Waals surface area (Å²) >= 11 is 0. The number of anilines is 1. The van der Waals surface area contributed by atoms with E-state index in [4.69, 9.17) is 10.5 Å². The molecule has 0 saturated carbocycles. The minimum absolute atomic E-state index is 0.0407. The Labute approximate surface area is 123 Å². The zero-order chi connectivity index (χ0) is 14.4. The standard InChI is InChI=1S/C17H18N2O2/c18-14(12-7-8-21-10-12)9-19-15-6-2-4-11-3-1-5-13(16(11)15)17(19)20/h1-6,12,14H,7-10,18H2. The van der Waals surface area contributed by atoms with Crippen molar-refractivity contribution in [3.8, 4) is 0 Å². The smallest absolute Gasteiger partial charge is 0.259 e. The molecule has 2 aromatic rings. The van der Waals surface area contributed by atoms with Crippen LogP contribution < -0.4 is 10.6 Å². The van der Waals surface area contributed by atoms with Crippen LogP contribution in [0.1, 0.15) is 16.8 Å². The third-order valence-electron chi connectivity index (χ3n) is 4.61. The fourth-order valence-electron chi connectivity index (χ4n) is 3.41. The van der Waals surface area contributed by atoms with Crippen LogP contribution in [0.25, 0.3) is 10.8 Å². The first-order chi connectivity index (χ1) is 10.3. The van der Waals surface area contributed by atoms with Gasteiger partial charge < -0.3 is 15.4 Å². The molecule has 1 amide bonds. The van der Waals surface area contributed by atoms with Crippen LogP contribution in [-0.2, 0) is 4.74 Å². The minimum Gasteiger partial charge on any atom is -0.381 e. The molecule has 2 N–H and O–H groups in total. The molecule has 0 aliphatic carbocycles. The Morgan fingerprint density at radius 1 is 1.29 bits per heavy atom. The van der Waals surface area contributed by atoms with Crippen molar-refractivity contribution >= 4 is 22.4 Å². The summed E-state index contributed by atoms with van der Waals surface area (Å²) in [6, 6.07) is 11.9. The summed E-state index contributed by atoms with van der Waals surface area (Å²) in [7, 11) is 0. The fourth-order valence-corrected chi connectivity index (χ4v) is 3.41. The van der Waals surface area contributed by atoms with Crippen molar-refractivity contribution in [3.05, 3.63) is 42.0 Å². The lowest BCUT2D eigenvalue weighted by molar-refractivity contribution is 0.0989. The zero-order valence-electron chi connectivity index (χ0n) is 11.8. The van der Waals surface area contributed by atoms with Gasteiger partial charge in [0.2, 0.25) is 0 Å². The summed E-state index contributed by atoms with van der Waals surface area (Å²) < 4.78 is 5.41. The second-order valence-electron chi connectivity index (χ2n) is 5.88.